The molecule has 1 aliphatic rings. The van der Waals surface area contributed by atoms with Crippen LogP contribution in [0.1, 0.15) is 10.4 Å². The van der Waals surface area contributed by atoms with Gasteiger partial charge in [0, 0.05) is 26.2 Å². The maximum atomic E-state index is 12.8. The summed E-state index contributed by atoms with van der Waals surface area (Å²) in [6.07, 6.45) is -5.08. The van der Waals surface area contributed by atoms with Crippen LogP contribution in [0.4, 0.5) is 30.2 Å². The van der Waals surface area contributed by atoms with Crippen LogP contribution in [0, 0.1) is 0 Å². The van der Waals surface area contributed by atoms with E-state index in [0.29, 0.717) is 36.9 Å². The summed E-state index contributed by atoms with van der Waals surface area (Å²) in [6, 6.07) is 15.3. The van der Waals surface area contributed by atoms with Gasteiger partial charge in [-0.1, -0.05) is 29.8 Å². The van der Waals surface area contributed by atoms with Gasteiger partial charge in [-0.3, -0.25) is 4.72 Å². The lowest BCUT2D eigenvalue weighted by Crippen LogP contribution is -2.46. The number of aliphatic carboxylic acids is 1. The third kappa shape index (κ3) is 7.30. The second-order valence-corrected chi connectivity index (χ2v) is 11.1. The van der Waals surface area contributed by atoms with Crippen molar-refractivity contribution in [3.63, 3.8) is 0 Å². The van der Waals surface area contributed by atoms with Crippen LogP contribution < -0.4 is 14.5 Å². The highest BCUT2D eigenvalue weighted by Gasteiger charge is 2.38. The molecule has 3 N–H and O–H groups in total. The second kappa shape index (κ2) is 11.9. The Labute approximate surface area is 224 Å². The lowest BCUT2D eigenvalue weighted by atomic mass is 10.1. The van der Waals surface area contributed by atoms with E-state index < -0.39 is 28.1 Å². The molecule has 0 spiro atoms. The first kappa shape index (κ1) is 29.1. The molecule has 15 heteroatoms. The molecule has 0 bridgehead atoms. The predicted molar refractivity (Wildman–Crippen MR) is 138 cm³/mol. The molecule has 0 radical (unpaired) electrons. The number of aromatic carboxylic acids is 1. The smallest absolute Gasteiger partial charge is 0.478 e. The average molecular weight is 592 g/mol. The Bertz CT molecular complexity index is 1390. The summed E-state index contributed by atoms with van der Waals surface area (Å²) in [6.45, 7) is 2.65. The van der Waals surface area contributed by atoms with Crippen molar-refractivity contribution in [2.75, 3.05) is 40.7 Å². The minimum Gasteiger partial charge on any atom is -0.478 e. The average Bonchev–Trinajstić information content (AvgIpc) is 3.40. The van der Waals surface area contributed by atoms with E-state index in [1.165, 1.54) is 18.2 Å². The van der Waals surface area contributed by atoms with Crippen LogP contribution in [0.15, 0.2) is 64.2 Å². The van der Waals surface area contributed by atoms with E-state index in [9.17, 15) is 31.5 Å². The highest BCUT2D eigenvalue weighted by molar-refractivity contribution is 7.94. The van der Waals surface area contributed by atoms with E-state index in [1.807, 2.05) is 29.2 Å². The topological polar surface area (TPSA) is 127 Å². The number of hydrogen-bond donors (Lipinski definition) is 3. The van der Waals surface area contributed by atoms with E-state index >= 15 is 0 Å². The number of alkyl halides is 3. The summed E-state index contributed by atoms with van der Waals surface area (Å²) in [5.41, 5.74) is 1.87. The van der Waals surface area contributed by atoms with Gasteiger partial charge in [-0.15, -0.1) is 11.3 Å². The first-order chi connectivity index (χ1) is 17.8. The zero-order valence-corrected chi connectivity index (χ0v) is 21.7. The van der Waals surface area contributed by atoms with Crippen LogP contribution in [0.5, 0.6) is 0 Å². The van der Waals surface area contributed by atoms with Crippen molar-refractivity contribution < 1.29 is 41.4 Å². The largest absolute Gasteiger partial charge is 0.490 e. The van der Waals surface area contributed by atoms with Gasteiger partial charge >= 0.3 is 18.1 Å². The second-order valence-electron chi connectivity index (χ2n) is 7.80. The predicted octanol–water partition coefficient (Wildman–Crippen LogP) is 4.86. The summed E-state index contributed by atoms with van der Waals surface area (Å²) >= 11 is 7.42. The molecule has 4 rings (SSSR count). The van der Waals surface area contributed by atoms with Crippen molar-refractivity contribution >= 4 is 62.0 Å². The zero-order chi connectivity index (χ0) is 28.1. The zero-order valence-electron chi connectivity index (χ0n) is 19.4. The van der Waals surface area contributed by atoms with Gasteiger partial charge in [-0.2, -0.15) is 13.2 Å². The molecule has 0 atom stereocenters. The Balaban J connectivity index is 0.000000505. The molecule has 0 unspecified atom stereocenters. The minimum absolute atomic E-state index is 0.0160. The molecule has 1 saturated heterocycles. The maximum Gasteiger partial charge on any atom is 0.490 e. The molecule has 3 aromatic rings. The number of para-hydroxylation sites is 1. The number of benzene rings is 2. The van der Waals surface area contributed by atoms with Crippen LogP contribution in [0.3, 0.4) is 0 Å². The molecule has 0 amide bonds. The van der Waals surface area contributed by atoms with Crippen molar-refractivity contribution in [2.24, 2.45) is 0 Å². The Kier molecular flexibility index (Phi) is 9.12. The van der Waals surface area contributed by atoms with Gasteiger partial charge in [0.25, 0.3) is 10.0 Å². The van der Waals surface area contributed by atoms with E-state index in [2.05, 4.69) is 9.62 Å². The van der Waals surface area contributed by atoms with E-state index in [4.69, 9.17) is 21.5 Å². The number of piperazine rings is 1. The fourth-order valence-electron chi connectivity index (χ4n) is 3.53. The van der Waals surface area contributed by atoms with Gasteiger partial charge in [0.05, 0.1) is 27.6 Å². The molecule has 1 fully saturated rings. The molecule has 9 nitrogen and oxygen atoms in total. The van der Waals surface area contributed by atoms with E-state index in [0.717, 1.165) is 17.0 Å². The highest BCUT2D eigenvalue weighted by Crippen LogP contribution is 2.33. The van der Waals surface area contributed by atoms with Crippen molar-refractivity contribution in [3.05, 3.63) is 70.6 Å². The quantitative estimate of drug-likeness (QED) is 0.371. The first-order valence-corrected chi connectivity index (χ1v) is 13.5. The van der Waals surface area contributed by atoms with Crippen molar-refractivity contribution in [1.29, 1.82) is 0 Å². The van der Waals surface area contributed by atoms with Crippen molar-refractivity contribution in [3.8, 4) is 0 Å². The molecule has 1 aromatic heterocycles. The van der Waals surface area contributed by atoms with Crippen LogP contribution in [-0.2, 0) is 14.8 Å². The molecule has 38 heavy (non-hydrogen) atoms. The third-order valence-corrected chi connectivity index (χ3v) is 8.39. The fraction of sp³-hybridized carbons (Fsp3) is 0.217. The highest BCUT2D eigenvalue weighted by atomic mass is 35.5. The van der Waals surface area contributed by atoms with E-state index in [-0.39, 0.29) is 15.5 Å². The molecular formula is C23H21ClF3N3O6S2. The normalized spacial score (nSPS) is 13.9. The van der Waals surface area contributed by atoms with E-state index in [1.54, 1.807) is 17.5 Å². The van der Waals surface area contributed by atoms with Crippen LogP contribution in [0.25, 0.3) is 0 Å². The van der Waals surface area contributed by atoms with Gasteiger partial charge in [0.1, 0.15) is 4.21 Å². The minimum atomic E-state index is -5.08. The number of rotatable bonds is 6. The number of anilines is 3. The fourth-order valence-corrected chi connectivity index (χ4v) is 5.85. The summed E-state index contributed by atoms with van der Waals surface area (Å²) < 4.78 is 60.0. The lowest BCUT2D eigenvalue weighted by molar-refractivity contribution is -0.192. The molecule has 1 aliphatic heterocycles. The third-order valence-electron chi connectivity index (χ3n) is 5.30. The van der Waals surface area contributed by atoms with Crippen molar-refractivity contribution in [2.45, 2.75) is 10.4 Å². The molecule has 2 aromatic carbocycles. The number of carbonyl (C=O) groups is 2. The van der Waals surface area contributed by atoms with Crippen LogP contribution >= 0.6 is 22.9 Å². The Morgan fingerprint density at radius 3 is 2.00 bits per heavy atom. The number of halogens is 4. The van der Waals surface area contributed by atoms with Gasteiger partial charge in [-0.25, -0.2) is 18.0 Å². The number of sulfonamides is 1. The molecule has 204 valence electrons. The Morgan fingerprint density at radius 1 is 0.921 bits per heavy atom. The monoisotopic (exact) mass is 591 g/mol. The van der Waals surface area contributed by atoms with Gasteiger partial charge < -0.3 is 20.0 Å². The Morgan fingerprint density at radius 2 is 1.50 bits per heavy atom. The van der Waals surface area contributed by atoms with Gasteiger partial charge in [0.2, 0.25) is 0 Å². The number of thiophene rings is 1. The number of hydrogen-bond acceptors (Lipinski definition) is 7. The Hall–Kier alpha value is -3.49. The summed E-state index contributed by atoms with van der Waals surface area (Å²) in [5.74, 6) is -3.88. The molecule has 0 saturated carbocycles. The number of nitrogens with zero attached hydrogens (tertiary/aromatic N) is 2. The number of carboxylic acid groups (broad SMARTS) is 2. The lowest BCUT2D eigenvalue weighted by Gasteiger charge is -2.38. The molecule has 0 aliphatic carbocycles. The summed E-state index contributed by atoms with van der Waals surface area (Å²) in [7, 11) is -3.81. The first-order valence-electron chi connectivity index (χ1n) is 10.8. The summed E-state index contributed by atoms with van der Waals surface area (Å²) in [4.78, 5) is 24.6. The van der Waals surface area contributed by atoms with Gasteiger partial charge in [0.15, 0.2) is 0 Å². The number of carboxylic acids is 2. The van der Waals surface area contributed by atoms with Crippen LogP contribution in [-0.4, -0.2) is 62.9 Å². The van der Waals surface area contributed by atoms with Gasteiger partial charge in [-0.05, 0) is 41.8 Å². The summed E-state index contributed by atoms with van der Waals surface area (Å²) in [5, 5.41) is 18.9. The van der Waals surface area contributed by atoms with Crippen molar-refractivity contribution in [1.82, 2.24) is 0 Å². The molecular weight excluding hydrogens is 571 g/mol. The maximum absolute atomic E-state index is 12.8. The standard InChI is InChI=1S/C21H20ClN3O4S2.C2HF3O2/c22-16-4-1-2-5-18(16)24-9-11-25(12-10-24)19-8-7-15(21(26)27)14-17(19)23-31(28,29)20-6-3-13-30-20;3-2(4,5)1(6)7/h1-8,13-14,23H,9-12H2,(H,26,27);(H,6,7). The number of nitrogens with one attached hydrogen (secondary N) is 1. The SMILES string of the molecule is O=C(O)C(F)(F)F.O=C(O)c1ccc(N2CCN(c3ccccc3Cl)CC2)c(NS(=O)(=O)c2cccs2)c1. The molecule has 2 heterocycles. The van der Waals surface area contributed by atoms with Crippen LogP contribution in [0.2, 0.25) is 5.02 Å².